The molecule has 0 radical (unpaired) electrons. The summed E-state index contributed by atoms with van der Waals surface area (Å²) in [5, 5.41) is 0. The van der Waals surface area contributed by atoms with Crippen molar-refractivity contribution in [3.8, 4) is 0 Å². The highest BCUT2D eigenvalue weighted by molar-refractivity contribution is 5.97. The third-order valence-corrected chi connectivity index (χ3v) is 5.45. The molecule has 6 heteroatoms. The Morgan fingerprint density at radius 1 is 0.968 bits per heavy atom. The number of nitrogens with zero attached hydrogens (tertiary/aromatic N) is 2. The van der Waals surface area contributed by atoms with Crippen molar-refractivity contribution in [2.45, 2.75) is 18.5 Å². The van der Waals surface area contributed by atoms with Gasteiger partial charge in [-0.25, -0.2) is 4.98 Å². The Morgan fingerprint density at radius 2 is 1.65 bits per heavy atom. The number of fused-ring (bicyclic) bond motifs is 1. The topological polar surface area (TPSA) is 33.2 Å². The smallest absolute Gasteiger partial charge is 0.296 e. The largest absolute Gasteiger partial charge is 0.401 e. The van der Waals surface area contributed by atoms with Crippen LogP contribution in [-0.4, -0.2) is 23.6 Å². The third kappa shape index (κ3) is 4.53. The van der Waals surface area contributed by atoms with Crippen molar-refractivity contribution < 1.29 is 18.0 Å². The van der Waals surface area contributed by atoms with E-state index in [-0.39, 0.29) is 6.54 Å². The molecule has 158 valence electrons. The minimum atomic E-state index is -4.73. The monoisotopic (exact) mass is 422 g/mol. The van der Waals surface area contributed by atoms with Crippen LogP contribution in [0.2, 0.25) is 0 Å². The second-order valence-corrected chi connectivity index (χ2v) is 7.45. The first kappa shape index (κ1) is 20.8. The lowest BCUT2D eigenvalue weighted by Crippen LogP contribution is -2.44. The third-order valence-electron chi connectivity index (χ3n) is 5.45. The van der Waals surface area contributed by atoms with Gasteiger partial charge in [0.25, 0.3) is 0 Å². The van der Waals surface area contributed by atoms with Gasteiger partial charge in [0.15, 0.2) is 0 Å². The Hall–Kier alpha value is -3.41. The SMILES string of the molecule is O=C([C@@H](C(/C=C/c1ccccc1)c1ccccc1)C(F)(F)F)N1CCc2cccnc21. The Morgan fingerprint density at radius 3 is 2.32 bits per heavy atom. The Balaban J connectivity index is 1.75. The molecule has 3 nitrogen and oxygen atoms in total. The number of alkyl halides is 3. The van der Waals surface area contributed by atoms with Crippen LogP contribution in [-0.2, 0) is 11.2 Å². The molecule has 0 fully saturated rings. The van der Waals surface area contributed by atoms with Crippen LogP contribution in [0.15, 0.2) is 85.1 Å². The van der Waals surface area contributed by atoms with E-state index in [1.807, 2.05) is 30.3 Å². The number of benzene rings is 2. The van der Waals surface area contributed by atoms with Crippen LogP contribution < -0.4 is 4.90 Å². The molecule has 31 heavy (non-hydrogen) atoms. The first-order chi connectivity index (χ1) is 14.9. The van der Waals surface area contributed by atoms with Gasteiger partial charge < -0.3 is 0 Å². The number of carbonyl (C=O) groups is 1. The van der Waals surface area contributed by atoms with E-state index < -0.39 is 23.9 Å². The summed E-state index contributed by atoms with van der Waals surface area (Å²) in [6.07, 6.45) is 0.387. The van der Waals surface area contributed by atoms with Gasteiger partial charge >= 0.3 is 6.18 Å². The molecule has 0 spiro atoms. The number of hydrogen-bond donors (Lipinski definition) is 0. The van der Waals surface area contributed by atoms with Crippen molar-refractivity contribution in [2.24, 2.45) is 5.92 Å². The molecule has 2 heterocycles. The molecule has 0 saturated heterocycles. The molecular formula is C25H21F3N2O. The van der Waals surface area contributed by atoms with E-state index in [2.05, 4.69) is 4.98 Å². The second kappa shape index (κ2) is 8.76. The van der Waals surface area contributed by atoms with Gasteiger partial charge in [-0.3, -0.25) is 9.69 Å². The molecule has 1 aromatic heterocycles. The molecule has 4 rings (SSSR count). The van der Waals surface area contributed by atoms with Crippen molar-refractivity contribution >= 4 is 17.8 Å². The fourth-order valence-electron chi connectivity index (χ4n) is 3.96. The molecule has 2 atom stereocenters. The number of rotatable bonds is 5. The van der Waals surface area contributed by atoms with Gasteiger partial charge in [-0.2, -0.15) is 13.2 Å². The maximum Gasteiger partial charge on any atom is 0.401 e. The van der Waals surface area contributed by atoms with Gasteiger partial charge in [0, 0.05) is 18.7 Å². The van der Waals surface area contributed by atoms with Crippen molar-refractivity contribution in [3.05, 3.63) is 102 Å². The number of aromatic nitrogens is 1. The Kier molecular flexibility index (Phi) is 5.89. The van der Waals surface area contributed by atoms with Crippen molar-refractivity contribution in [3.63, 3.8) is 0 Å². The standard InChI is InChI=1S/C25H21F3N2O/c26-25(27,28)22(24(31)30-17-15-20-12-7-16-29-23(20)30)21(19-10-5-2-6-11-19)14-13-18-8-3-1-4-9-18/h1-14,16,21-22H,15,17H2/b14-13+/t21?,22-/m1/s1. The number of halogens is 3. The summed E-state index contributed by atoms with van der Waals surface area (Å²) in [4.78, 5) is 18.7. The summed E-state index contributed by atoms with van der Waals surface area (Å²) in [6.45, 7) is 0.196. The van der Waals surface area contributed by atoms with E-state index >= 15 is 0 Å². The normalized spacial score (nSPS) is 15.6. The molecule has 1 aliphatic heterocycles. The molecule has 1 aliphatic rings. The van der Waals surface area contributed by atoms with Gasteiger partial charge in [0.1, 0.15) is 11.7 Å². The van der Waals surface area contributed by atoms with E-state index in [0.29, 0.717) is 17.8 Å². The summed E-state index contributed by atoms with van der Waals surface area (Å²) in [5.41, 5.74) is 1.99. The van der Waals surface area contributed by atoms with Gasteiger partial charge in [-0.15, -0.1) is 0 Å². The van der Waals surface area contributed by atoms with Crippen LogP contribution in [0.1, 0.15) is 22.6 Å². The number of hydrogen-bond acceptors (Lipinski definition) is 2. The number of amides is 1. The van der Waals surface area contributed by atoms with E-state index in [9.17, 15) is 18.0 Å². The molecule has 0 saturated carbocycles. The summed E-state index contributed by atoms with van der Waals surface area (Å²) in [7, 11) is 0. The zero-order valence-corrected chi connectivity index (χ0v) is 16.7. The van der Waals surface area contributed by atoms with Crippen LogP contribution in [0.5, 0.6) is 0 Å². The molecule has 0 aliphatic carbocycles. The minimum Gasteiger partial charge on any atom is -0.296 e. The zero-order chi connectivity index (χ0) is 21.8. The van der Waals surface area contributed by atoms with Crippen LogP contribution in [0, 0.1) is 5.92 Å². The Labute approximate surface area is 178 Å². The predicted molar refractivity (Wildman–Crippen MR) is 114 cm³/mol. The lowest BCUT2D eigenvalue weighted by Gasteiger charge is -2.30. The van der Waals surface area contributed by atoms with E-state index in [0.717, 1.165) is 11.1 Å². The number of pyridine rings is 1. The fraction of sp³-hybridized carbons (Fsp3) is 0.200. The van der Waals surface area contributed by atoms with E-state index in [1.54, 1.807) is 48.5 Å². The summed E-state index contributed by atoms with van der Waals surface area (Å²) in [5.74, 6) is -4.04. The zero-order valence-electron chi connectivity index (χ0n) is 16.7. The highest BCUT2D eigenvalue weighted by Crippen LogP contribution is 2.42. The maximum atomic E-state index is 14.4. The van der Waals surface area contributed by atoms with Gasteiger partial charge in [0.2, 0.25) is 5.91 Å². The quantitative estimate of drug-likeness (QED) is 0.533. The molecule has 2 aromatic carbocycles. The van der Waals surface area contributed by atoms with Crippen LogP contribution >= 0.6 is 0 Å². The van der Waals surface area contributed by atoms with Gasteiger partial charge in [0.05, 0.1) is 0 Å². The number of allylic oxidation sites excluding steroid dienone is 1. The summed E-state index contributed by atoms with van der Waals surface area (Å²) < 4.78 is 43.1. The number of carbonyl (C=O) groups excluding carboxylic acids is 1. The minimum absolute atomic E-state index is 0.196. The first-order valence-electron chi connectivity index (χ1n) is 10.1. The van der Waals surface area contributed by atoms with Crippen molar-refractivity contribution in [2.75, 3.05) is 11.4 Å². The molecular weight excluding hydrogens is 401 g/mol. The van der Waals surface area contributed by atoms with E-state index in [1.165, 1.54) is 17.2 Å². The van der Waals surface area contributed by atoms with Gasteiger partial charge in [-0.1, -0.05) is 78.9 Å². The molecule has 0 bridgehead atoms. The maximum absolute atomic E-state index is 14.4. The lowest BCUT2D eigenvalue weighted by atomic mass is 9.83. The molecule has 1 unspecified atom stereocenters. The van der Waals surface area contributed by atoms with Gasteiger partial charge in [-0.05, 0) is 29.2 Å². The van der Waals surface area contributed by atoms with Crippen molar-refractivity contribution in [1.82, 2.24) is 4.98 Å². The molecule has 3 aromatic rings. The molecule has 1 amide bonds. The number of anilines is 1. The lowest BCUT2D eigenvalue weighted by molar-refractivity contribution is -0.183. The predicted octanol–water partition coefficient (Wildman–Crippen LogP) is 5.65. The Bertz CT molecular complexity index is 1060. The average Bonchev–Trinajstić information content (AvgIpc) is 3.21. The second-order valence-electron chi connectivity index (χ2n) is 7.45. The van der Waals surface area contributed by atoms with Crippen LogP contribution in [0.3, 0.4) is 0 Å². The fourth-order valence-corrected chi connectivity index (χ4v) is 3.96. The first-order valence-corrected chi connectivity index (χ1v) is 10.1. The molecule has 0 N–H and O–H groups in total. The van der Waals surface area contributed by atoms with E-state index in [4.69, 9.17) is 0 Å². The van der Waals surface area contributed by atoms with Crippen LogP contribution in [0.25, 0.3) is 6.08 Å². The average molecular weight is 422 g/mol. The van der Waals surface area contributed by atoms with Crippen molar-refractivity contribution in [1.29, 1.82) is 0 Å². The summed E-state index contributed by atoms with van der Waals surface area (Å²) in [6, 6.07) is 21.0. The van der Waals surface area contributed by atoms with Crippen LogP contribution in [0.4, 0.5) is 19.0 Å². The summed E-state index contributed by atoms with van der Waals surface area (Å²) >= 11 is 0. The highest BCUT2D eigenvalue weighted by atomic mass is 19.4. The highest BCUT2D eigenvalue weighted by Gasteiger charge is 2.51.